The van der Waals surface area contributed by atoms with Crippen LogP contribution in [0.25, 0.3) is 0 Å². The lowest BCUT2D eigenvalue weighted by Gasteiger charge is -2.09. The topological polar surface area (TPSA) is 89.7 Å². The Balaban J connectivity index is 2.92. The molecule has 0 radical (unpaired) electrons. The average molecular weight is 253 g/mol. The van der Waals surface area contributed by atoms with Crippen molar-refractivity contribution in [2.24, 2.45) is 0 Å². The summed E-state index contributed by atoms with van der Waals surface area (Å²) in [6, 6.07) is 4.20. The number of carboxylic acids is 1. The number of unbranched alkanes of at least 4 members (excludes halogenated alkanes) is 1. The Morgan fingerprint density at radius 3 is 2.78 bits per heavy atom. The van der Waals surface area contributed by atoms with E-state index >= 15 is 0 Å². The molecule has 0 saturated heterocycles. The zero-order valence-electron chi connectivity index (χ0n) is 10.1. The van der Waals surface area contributed by atoms with Gasteiger partial charge in [0.1, 0.15) is 5.75 Å². The first-order valence-electron chi connectivity index (χ1n) is 5.66. The molecule has 1 aromatic carbocycles. The highest BCUT2D eigenvalue weighted by Gasteiger charge is 2.12. The molecule has 0 aromatic heterocycles. The van der Waals surface area contributed by atoms with Crippen molar-refractivity contribution in [2.75, 3.05) is 6.61 Å². The quantitative estimate of drug-likeness (QED) is 0.595. The molecule has 6 heteroatoms. The smallest absolute Gasteiger partial charge is 0.341 e. The predicted molar refractivity (Wildman–Crippen MR) is 64.8 cm³/mol. The Bertz CT molecular complexity index is 444. The third-order valence-corrected chi connectivity index (χ3v) is 2.41. The predicted octanol–water partition coefficient (Wildman–Crippen LogP) is 2.40. The molecule has 0 heterocycles. The first-order chi connectivity index (χ1) is 8.54. The highest BCUT2D eigenvalue weighted by atomic mass is 16.6. The Hall–Kier alpha value is -2.11. The van der Waals surface area contributed by atoms with Crippen LogP contribution >= 0.6 is 0 Å². The first kappa shape index (κ1) is 14.0. The van der Waals surface area contributed by atoms with Crippen molar-refractivity contribution in [1.82, 2.24) is 0 Å². The molecule has 1 rings (SSSR count). The molecule has 0 aliphatic carbocycles. The maximum Gasteiger partial charge on any atom is 0.341 e. The summed E-state index contributed by atoms with van der Waals surface area (Å²) in [6.45, 7) is 1.56. The lowest BCUT2D eigenvalue weighted by molar-refractivity contribution is -0.384. The molecule has 0 unspecified atom stereocenters. The Morgan fingerprint density at radius 2 is 2.22 bits per heavy atom. The molecule has 6 nitrogen and oxygen atoms in total. The van der Waals surface area contributed by atoms with Gasteiger partial charge in [0.05, 0.1) is 4.92 Å². The van der Waals surface area contributed by atoms with Gasteiger partial charge in [-0.3, -0.25) is 10.1 Å². The van der Waals surface area contributed by atoms with Crippen LogP contribution in [0.4, 0.5) is 5.69 Å². The summed E-state index contributed by atoms with van der Waals surface area (Å²) in [7, 11) is 0. The largest absolute Gasteiger partial charge is 0.482 e. The maximum absolute atomic E-state index is 10.7. The number of rotatable bonds is 7. The zero-order valence-corrected chi connectivity index (χ0v) is 10.1. The molecule has 0 fully saturated rings. The van der Waals surface area contributed by atoms with E-state index in [1.165, 1.54) is 18.2 Å². The average Bonchev–Trinajstić information content (AvgIpc) is 2.33. The van der Waals surface area contributed by atoms with Crippen LogP contribution in [0, 0.1) is 10.1 Å². The molecule has 0 aliphatic heterocycles. The van der Waals surface area contributed by atoms with Crippen molar-refractivity contribution in [2.45, 2.75) is 26.2 Å². The van der Waals surface area contributed by atoms with Crippen LogP contribution in [0.1, 0.15) is 25.3 Å². The van der Waals surface area contributed by atoms with Gasteiger partial charge in [-0.1, -0.05) is 13.3 Å². The van der Waals surface area contributed by atoms with Gasteiger partial charge in [-0.2, -0.15) is 0 Å². The van der Waals surface area contributed by atoms with Crippen molar-refractivity contribution in [3.05, 3.63) is 33.9 Å². The number of aliphatic carboxylic acids is 1. The number of nitro benzene ring substituents is 1. The minimum absolute atomic E-state index is 0.0104. The van der Waals surface area contributed by atoms with Gasteiger partial charge in [-0.15, -0.1) is 0 Å². The fourth-order valence-corrected chi connectivity index (χ4v) is 1.52. The Morgan fingerprint density at radius 1 is 1.50 bits per heavy atom. The fraction of sp³-hybridized carbons (Fsp3) is 0.417. The molecule has 0 atom stereocenters. The number of ether oxygens (including phenoxy) is 1. The zero-order chi connectivity index (χ0) is 13.5. The summed E-state index contributed by atoms with van der Waals surface area (Å²) in [5.74, 6) is -0.675. The molecule has 1 aromatic rings. The highest BCUT2D eigenvalue weighted by Crippen LogP contribution is 2.25. The van der Waals surface area contributed by atoms with Gasteiger partial charge in [0.2, 0.25) is 0 Å². The van der Waals surface area contributed by atoms with Crippen LogP contribution in [0.15, 0.2) is 18.2 Å². The number of carboxylic acid groups (broad SMARTS) is 1. The van der Waals surface area contributed by atoms with Crippen molar-refractivity contribution < 1.29 is 19.6 Å². The summed E-state index contributed by atoms with van der Waals surface area (Å²) in [6.07, 6.45) is 2.44. The molecule has 98 valence electrons. The molecule has 0 spiro atoms. The normalized spacial score (nSPS) is 10.1. The van der Waals surface area contributed by atoms with Crippen molar-refractivity contribution >= 4 is 11.7 Å². The molecule has 1 N–H and O–H groups in total. The SMILES string of the molecule is CCCCc1cc([N+](=O)[O-])ccc1OCC(=O)O. The number of non-ortho nitro benzene ring substituents is 1. The van der Waals surface area contributed by atoms with Crippen LogP contribution in [-0.2, 0) is 11.2 Å². The van der Waals surface area contributed by atoms with Crippen LogP contribution in [0.2, 0.25) is 0 Å². The number of carbonyl (C=O) groups is 1. The minimum Gasteiger partial charge on any atom is -0.482 e. The van der Waals surface area contributed by atoms with E-state index < -0.39 is 17.5 Å². The minimum atomic E-state index is -1.07. The van der Waals surface area contributed by atoms with E-state index in [0.29, 0.717) is 17.7 Å². The van der Waals surface area contributed by atoms with Crippen LogP contribution in [0.3, 0.4) is 0 Å². The van der Waals surface area contributed by atoms with Gasteiger partial charge in [-0.25, -0.2) is 4.79 Å². The molecule has 0 amide bonds. The number of benzene rings is 1. The second-order valence-corrected chi connectivity index (χ2v) is 3.84. The second-order valence-electron chi connectivity index (χ2n) is 3.84. The first-order valence-corrected chi connectivity index (χ1v) is 5.66. The second kappa shape index (κ2) is 6.58. The van der Waals surface area contributed by atoms with Gasteiger partial charge in [0, 0.05) is 17.7 Å². The summed E-state index contributed by atoms with van der Waals surface area (Å²) < 4.78 is 5.11. The lowest BCUT2D eigenvalue weighted by Crippen LogP contribution is -2.10. The summed E-state index contributed by atoms with van der Waals surface area (Å²) in [5, 5.41) is 19.2. The van der Waals surface area contributed by atoms with E-state index in [1.807, 2.05) is 6.92 Å². The van der Waals surface area contributed by atoms with Crippen LogP contribution in [0.5, 0.6) is 5.75 Å². The van der Waals surface area contributed by atoms with Crippen molar-refractivity contribution in [3.63, 3.8) is 0 Å². The van der Waals surface area contributed by atoms with Gasteiger partial charge >= 0.3 is 5.97 Å². The van der Waals surface area contributed by atoms with Gasteiger partial charge in [0.15, 0.2) is 6.61 Å². The van der Waals surface area contributed by atoms with E-state index in [4.69, 9.17) is 9.84 Å². The van der Waals surface area contributed by atoms with E-state index in [-0.39, 0.29) is 5.69 Å². The summed E-state index contributed by atoms with van der Waals surface area (Å²) in [5.41, 5.74) is 0.663. The molecule has 0 saturated carbocycles. The molecule has 0 aliphatic rings. The summed E-state index contributed by atoms with van der Waals surface area (Å²) in [4.78, 5) is 20.6. The third-order valence-electron chi connectivity index (χ3n) is 2.41. The Labute approximate surface area is 104 Å². The van der Waals surface area contributed by atoms with E-state index in [0.717, 1.165) is 12.8 Å². The summed E-state index contributed by atoms with van der Waals surface area (Å²) >= 11 is 0. The maximum atomic E-state index is 10.7. The van der Waals surface area contributed by atoms with E-state index in [2.05, 4.69) is 0 Å². The number of aryl methyl sites for hydroxylation is 1. The van der Waals surface area contributed by atoms with Crippen LogP contribution in [-0.4, -0.2) is 22.6 Å². The standard InChI is InChI=1S/C12H15NO5/c1-2-3-4-9-7-10(13(16)17)5-6-11(9)18-8-12(14)15/h5-7H,2-4,8H2,1H3,(H,14,15). The monoisotopic (exact) mass is 253 g/mol. The fourth-order valence-electron chi connectivity index (χ4n) is 1.52. The molecular formula is C12H15NO5. The third kappa shape index (κ3) is 4.04. The van der Waals surface area contributed by atoms with Crippen molar-refractivity contribution in [3.8, 4) is 5.75 Å². The number of hydrogen-bond acceptors (Lipinski definition) is 4. The molecule has 18 heavy (non-hydrogen) atoms. The molecular weight excluding hydrogens is 238 g/mol. The van der Waals surface area contributed by atoms with Gasteiger partial charge in [0.25, 0.3) is 5.69 Å². The lowest BCUT2D eigenvalue weighted by atomic mass is 10.1. The van der Waals surface area contributed by atoms with E-state index in [9.17, 15) is 14.9 Å². The van der Waals surface area contributed by atoms with Gasteiger partial charge in [-0.05, 0) is 18.9 Å². The van der Waals surface area contributed by atoms with Gasteiger partial charge < -0.3 is 9.84 Å². The Kier molecular flexibility index (Phi) is 5.10. The molecule has 0 bridgehead atoms. The number of hydrogen-bond donors (Lipinski definition) is 1. The highest BCUT2D eigenvalue weighted by molar-refractivity contribution is 5.68. The van der Waals surface area contributed by atoms with Crippen LogP contribution < -0.4 is 4.74 Å². The number of nitrogens with zero attached hydrogens (tertiary/aromatic N) is 1. The number of nitro groups is 1. The van der Waals surface area contributed by atoms with E-state index in [1.54, 1.807) is 0 Å². The van der Waals surface area contributed by atoms with Crippen molar-refractivity contribution in [1.29, 1.82) is 0 Å².